The maximum absolute atomic E-state index is 15.1. The van der Waals surface area contributed by atoms with E-state index < -0.39 is 17.4 Å². The number of carbonyl (C=O) groups excluding carboxylic acids is 2. The summed E-state index contributed by atoms with van der Waals surface area (Å²) < 4.78 is 15.1. The molecule has 2 aromatic heterocycles. The summed E-state index contributed by atoms with van der Waals surface area (Å²) in [6, 6.07) is 19.5. The number of thiophene rings is 1. The molecule has 0 saturated heterocycles. The molecule has 0 saturated carbocycles. The van der Waals surface area contributed by atoms with Gasteiger partial charge in [-0.15, -0.1) is 11.3 Å². The smallest absolute Gasteiger partial charge is 0.261 e. The molecular weight excluding hydrogens is 515 g/mol. The number of carbonyl (C=O) groups is 2. The van der Waals surface area contributed by atoms with Gasteiger partial charge in [0.25, 0.3) is 5.91 Å². The third-order valence-electron chi connectivity index (χ3n) is 6.29. The molecule has 7 nitrogen and oxygen atoms in total. The summed E-state index contributed by atoms with van der Waals surface area (Å²) in [4.78, 5) is 35.3. The maximum atomic E-state index is 15.1. The zero-order valence-electron chi connectivity index (χ0n) is 19.0. The van der Waals surface area contributed by atoms with E-state index in [0.29, 0.717) is 22.2 Å². The standard InChI is InChI=1S/C27H18ClFN4O3S/c28-19-8-3-9-22(24(19)29)33-25(35)17-6-1-2-7-18(17)27(33,36)15-10-11-20-21(13-15)31-26(30-20)32-23(34)14-16-5-4-12-37-16/h1-13,36H,14H2,(H2,30,31,32,34). The highest BCUT2D eigenvalue weighted by Crippen LogP contribution is 2.46. The second-order valence-corrected chi connectivity index (χ2v) is 9.99. The molecule has 0 radical (unpaired) electrons. The van der Waals surface area contributed by atoms with E-state index >= 15 is 4.39 Å². The van der Waals surface area contributed by atoms with Crippen LogP contribution in [0.4, 0.5) is 16.0 Å². The molecule has 6 rings (SSSR count). The lowest BCUT2D eigenvalue weighted by atomic mass is 9.93. The summed E-state index contributed by atoms with van der Waals surface area (Å²) in [7, 11) is 0. The van der Waals surface area contributed by atoms with E-state index in [2.05, 4.69) is 15.3 Å². The Morgan fingerprint density at radius 1 is 1.14 bits per heavy atom. The molecule has 0 spiro atoms. The van der Waals surface area contributed by atoms with Crippen molar-refractivity contribution in [2.75, 3.05) is 10.2 Å². The van der Waals surface area contributed by atoms with Gasteiger partial charge in [0.1, 0.15) is 0 Å². The fourth-order valence-corrected chi connectivity index (χ4v) is 5.50. The van der Waals surface area contributed by atoms with Crippen LogP contribution in [0, 0.1) is 5.82 Å². The highest BCUT2D eigenvalue weighted by Gasteiger charge is 2.51. The van der Waals surface area contributed by atoms with Crippen LogP contribution >= 0.6 is 22.9 Å². The summed E-state index contributed by atoms with van der Waals surface area (Å²) in [6.07, 6.45) is 0.221. The van der Waals surface area contributed by atoms with Crippen LogP contribution in [0.5, 0.6) is 0 Å². The Hall–Kier alpha value is -4.05. The van der Waals surface area contributed by atoms with Crippen LogP contribution in [0.1, 0.15) is 26.4 Å². The minimum Gasteiger partial charge on any atom is -0.363 e. The number of aliphatic hydroxyl groups is 1. The Morgan fingerprint density at radius 3 is 2.78 bits per heavy atom. The zero-order valence-corrected chi connectivity index (χ0v) is 20.6. The summed E-state index contributed by atoms with van der Waals surface area (Å²) in [5.74, 6) is -1.35. The normalized spacial score (nSPS) is 16.8. The molecule has 5 aromatic rings. The molecule has 0 fully saturated rings. The van der Waals surface area contributed by atoms with E-state index in [9.17, 15) is 14.7 Å². The third kappa shape index (κ3) is 3.79. The number of H-pyrrole nitrogens is 1. The predicted octanol–water partition coefficient (Wildman–Crippen LogP) is 5.45. The first-order valence-corrected chi connectivity index (χ1v) is 12.5. The topological polar surface area (TPSA) is 98.3 Å². The first-order chi connectivity index (χ1) is 17.9. The number of fused-ring (bicyclic) bond motifs is 2. The van der Waals surface area contributed by atoms with Crippen molar-refractivity contribution in [3.63, 3.8) is 0 Å². The predicted molar refractivity (Wildman–Crippen MR) is 140 cm³/mol. The van der Waals surface area contributed by atoms with Gasteiger partial charge in [0, 0.05) is 21.6 Å². The van der Waals surface area contributed by atoms with E-state index in [0.717, 1.165) is 9.78 Å². The van der Waals surface area contributed by atoms with Gasteiger partial charge in [0.05, 0.1) is 28.2 Å². The van der Waals surface area contributed by atoms with Gasteiger partial charge in [-0.2, -0.15) is 0 Å². The lowest BCUT2D eigenvalue weighted by Crippen LogP contribution is -2.45. The number of halogens is 2. The van der Waals surface area contributed by atoms with Crippen molar-refractivity contribution in [1.82, 2.24) is 9.97 Å². The van der Waals surface area contributed by atoms with Crippen molar-refractivity contribution in [2.24, 2.45) is 0 Å². The van der Waals surface area contributed by atoms with E-state index in [-0.39, 0.29) is 34.5 Å². The van der Waals surface area contributed by atoms with E-state index in [1.54, 1.807) is 42.5 Å². The number of nitrogens with zero attached hydrogens (tertiary/aromatic N) is 2. The monoisotopic (exact) mass is 532 g/mol. The number of hydrogen-bond acceptors (Lipinski definition) is 5. The lowest BCUT2D eigenvalue weighted by molar-refractivity contribution is -0.115. The van der Waals surface area contributed by atoms with Crippen LogP contribution in [0.25, 0.3) is 11.0 Å². The van der Waals surface area contributed by atoms with Gasteiger partial charge < -0.3 is 10.1 Å². The Morgan fingerprint density at radius 2 is 1.97 bits per heavy atom. The van der Waals surface area contributed by atoms with Gasteiger partial charge in [-0.1, -0.05) is 48.0 Å². The van der Waals surface area contributed by atoms with Crippen LogP contribution in [0.2, 0.25) is 5.02 Å². The number of aromatic nitrogens is 2. The summed E-state index contributed by atoms with van der Waals surface area (Å²) in [5.41, 5.74) is -0.266. The Bertz CT molecular complexity index is 1690. The van der Waals surface area contributed by atoms with Crippen molar-refractivity contribution >= 4 is 57.4 Å². The van der Waals surface area contributed by atoms with Gasteiger partial charge in [-0.05, 0) is 41.8 Å². The van der Waals surface area contributed by atoms with Crippen molar-refractivity contribution in [3.05, 3.63) is 111 Å². The number of nitrogens with one attached hydrogen (secondary N) is 2. The van der Waals surface area contributed by atoms with Gasteiger partial charge in [-0.3, -0.25) is 19.8 Å². The maximum Gasteiger partial charge on any atom is 0.261 e. The molecule has 10 heteroatoms. The number of amides is 2. The Balaban J connectivity index is 1.42. The van der Waals surface area contributed by atoms with Crippen LogP contribution in [0.3, 0.4) is 0 Å². The highest BCUT2D eigenvalue weighted by atomic mass is 35.5. The minimum atomic E-state index is -2.03. The van der Waals surface area contributed by atoms with Crippen LogP contribution < -0.4 is 10.2 Å². The zero-order chi connectivity index (χ0) is 25.7. The Labute approximate surface area is 219 Å². The van der Waals surface area contributed by atoms with Crippen molar-refractivity contribution in [1.29, 1.82) is 0 Å². The Kier molecular flexibility index (Phi) is 5.56. The first-order valence-electron chi connectivity index (χ1n) is 11.3. The molecule has 0 bridgehead atoms. The molecule has 1 aliphatic heterocycles. The van der Waals surface area contributed by atoms with E-state index in [4.69, 9.17) is 11.6 Å². The number of rotatable bonds is 5. The van der Waals surface area contributed by atoms with Crippen LogP contribution in [-0.2, 0) is 16.9 Å². The molecule has 0 aliphatic carbocycles. The van der Waals surface area contributed by atoms with Gasteiger partial charge >= 0.3 is 0 Å². The third-order valence-corrected chi connectivity index (χ3v) is 7.46. The number of hydrogen-bond donors (Lipinski definition) is 3. The quantitative estimate of drug-likeness (QED) is 0.280. The molecule has 184 valence electrons. The second kappa shape index (κ2) is 8.81. The number of aromatic amines is 1. The van der Waals surface area contributed by atoms with Crippen LogP contribution in [-0.4, -0.2) is 26.9 Å². The van der Waals surface area contributed by atoms with E-state index in [1.165, 1.54) is 29.5 Å². The van der Waals surface area contributed by atoms with Crippen LogP contribution in [0.15, 0.2) is 78.2 Å². The first kappa shape index (κ1) is 23.4. The molecule has 1 unspecified atom stereocenters. The molecule has 3 N–H and O–H groups in total. The highest BCUT2D eigenvalue weighted by molar-refractivity contribution is 7.10. The molecule has 2 amide bonds. The largest absolute Gasteiger partial charge is 0.363 e. The van der Waals surface area contributed by atoms with Crippen molar-refractivity contribution < 1.29 is 19.1 Å². The van der Waals surface area contributed by atoms with E-state index in [1.807, 2.05) is 17.5 Å². The number of anilines is 2. The molecule has 3 aromatic carbocycles. The molecule has 37 heavy (non-hydrogen) atoms. The molecule has 1 aliphatic rings. The molecular formula is C27H18ClFN4O3S. The van der Waals surface area contributed by atoms with Crippen molar-refractivity contribution in [3.8, 4) is 0 Å². The summed E-state index contributed by atoms with van der Waals surface area (Å²) >= 11 is 7.51. The van der Waals surface area contributed by atoms with Gasteiger partial charge in [0.2, 0.25) is 11.9 Å². The minimum absolute atomic E-state index is 0.151. The SMILES string of the molecule is O=C(Cc1cccs1)Nc1nc2ccc(C3(O)c4ccccc4C(=O)N3c3cccc(Cl)c3F)cc2[nH]1. The average Bonchev–Trinajstić information content (AvgIpc) is 3.59. The second-order valence-electron chi connectivity index (χ2n) is 8.55. The number of imidazole rings is 1. The van der Waals surface area contributed by atoms with Crippen molar-refractivity contribution in [2.45, 2.75) is 12.1 Å². The lowest BCUT2D eigenvalue weighted by Gasteiger charge is -2.35. The number of benzene rings is 3. The molecule has 1 atom stereocenters. The summed E-state index contributed by atoms with van der Waals surface area (Å²) in [6.45, 7) is 0. The molecule has 3 heterocycles. The van der Waals surface area contributed by atoms with Gasteiger partial charge in [-0.25, -0.2) is 9.37 Å². The average molecular weight is 533 g/mol. The summed E-state index contributed by atoms with van der Waals surface area (Å²) in [5, 5.41) is 16.6. The van der Waals surface area contributed by atoms with Gasteiger partial charge in [0.15, 0.2) is 11.5 Å². The fraction of sp³-hybridized carbons (Fsp3) is 0.0741. The fourth-order valence-electron chi connectivity index (χ4n) is 4.63.